The van der Waals surface area contributed by atoms with Gasteiger partial charge >= 0.3 is 0 Å². The normalized spacial score (nSPS) is 10.5. The van der Waals surface area contributed by atoms with E-state index in [1.54, 1.807) is 64.8 Å². The van der Waals surface area contributed by atoms with Crippen LogP contribution in [0, 0.1) is 0 Å². The number of carbonyl (C=O) groups is 1. The number of methoxy groups -OCH3 is 5. The van der Waals surface area contributed by atoms with E-state index in [4.69, 9.17) is 23.7 Å². The van der Waals surface area contributed by atoms with Crippen LogP contribution in [0.1, 0.15) is 15.9 Å². The van der Waals surface area contributed by atoms with Crippen LogP contribution in [0.4, 0.5) is 0 Å². The Labute approximate surface area is 152 Å². The van der Waals surface area contributed by atoms with Gasteiger partial charge in [-0.3, -0.25) is 4.79 Å². The lowest BCUT2D eigenvalue weighted by atomic mass is 10.1. The number of hydrogen-bond donors (Lipinski definition) is 0. The molecule has 0 saturated carbocycles. The fourth-order valence-corrected chi connectivity index (χ4v) is 2.44. The van der Waals surface area contributed by atoms with Gasteiger partial charge in [0, 0.05) is 17.7 Å². The molecule has 6 heteroatoms. The quantitative estimate of drug-likeness (QED) is 0.530. The summed E-state index contributed by atoms with van der Waals surface area (Å²) in [4.78, 5) is 12.6. The largest absolute Gasteiger partial charge is 0.497 e. The number of benzene rings is 2. The second-order valence-electron chi connectivity index (χ2n) is 5.21. The molecule has 0 fully saturated rings. The SMILES string of the molecule is COc1ccc(C(=O)/C=C/c2cc(OC)c(OC)cc2OC)c(OC)c1. The lowest BCUT2D eigenvalue weighted by molar-refractivity contribution is 0.104. The van der Waals surface area contributed by atoms with Crippen LogP contribution < -0.4 is 23.7 Å². The van der Waals surface area contributed by atoms with Crippen LogP contribution in [0.5, 0.6) is 28.7 Å². The highest BCUT2D eigenvalue weighted by atomic mass is 16.5. The molecule has 2 aromatic carbocycles. The summed E-state index contributed by atoms with van der Waals surface area (Å²) in [7, 11) is 7.70. The Bertz CT molecular complexity index is 810. The van der Waals surface area contributed by atoms with Crippen LogP contribution in [0.25, 0.3) is 6.08 Å². The Morgan fingerprint density at radius 3 is 1.92 bits per heavy atom. The third-order valence-corrected chi connectivity index (χ3v) is 3.82. The first-order chi connectivity index (χ1) is 12.6. The molecule has 2 rings (SSSR count). The number of ketones is 1. The lowest BCUT2D eigenvalue weighted by Gasteiger charge is -2.12. The fraction of sp³-hybridized carbons (Fsp3) is 0.250. The average molecular weight is 358 g/mol. The Morgan fingerprint density at radius 2 is 1.35 bits per heavy atom. The van der Waals surface area contributed by atoms with Crippen molar-refractivity contribution in [3.8, 4) is 28.7 Å². The molecule has 0 bridgehead atoms. The standard InChI is InChI=1S/C20H22O6/c1-22-14-7-8-15(18(11-14)24-3)16(21)9-6-13-10-19(25-4)20(26-5)12-17(13)23-2/h6-12H,1-5H3/b9-6+. The van der Waals surface area contributed by atoms with Crippen molar-refractivity contribution in [1.82, 2.24) is 0 Å². The molecule has 0 N–H and O–H groups in total. The van der Waals surface area contributed by atoms with Crippen LogP contribution >= 0.6 is 0 Å². The summed E-state index contributed by atoms with van der Waals surface area (Å²) in [5.41, 5.74) is 1.12. The summed E-state index contributed by atoms with van der Waals surface area (Å²) in [6.45, 7) is 0. The zero-order valence-corrected chi connectivity index (χ0v) is 15.5. The highest BCUT2D eigenvalue weighted by molar-refractivity contribution is 6.08. The molecule has 138 valence electrons. The van der Waals surface area contributed by atoms with E-state index >= 15 is 0 Å². The van der Waals surface area contributed by atoms with E-state index in [1.165, 1.54) is 13.2 Å². The van der Waals surface area contributed by atoms with Crippen LogP contribution in [-0.2, 0) is 0 Å². The van der Waals surface area contributed by atoms with Crippen molar-refractivity contribution in [3.05, 3.63) is 47.5 Å². The van der Waals surface area contributed by atoms with Gasteiger partial charge in [0.15, 0.2) is 17.3 Å². The molecule has 6 nitrogen and oxygen atoms in total. The summed E-state index contributed by atoms with van der Waals surface area (Å²) < 4.78 is 26.3. The molecule has 26 heavy (non-hydrogen) atoms. The van der Waals surface area contributed by atoms with Gasteiger partial charge in [-0.15, -0.1) is 0 Å². The number of carbonyl (C=O) groups excluding carboxylic acids is 1. The van der Waals surface area contributed by atoms with Crippen LogP contribution in [-0.4, -0.2) is 41.3 Å². The third-order valence-electron chi connectivity index (χ3n) is 3.82. The molecular formula is C20H22O6. The lowest BCUT2D eigenvalue weighted by Crippen LogP contribution is -2.00. The first-order valence-electron chi connectivity index (χ1n) is 7.82. The smallest absolute Gasteiger partial charge is 0.189 e. The van der Waals surface area contributed by atoms with E-state index < -0.39 is 0 Å². The number of ether oxygens (including phenoxy) is 5. The maximum absolute atomic E-state index is 12.6. The molecule has 0 unspecified atom stereocenters. The van der Waals surface area contributed by atoms with Gasteiger partial charge in [0.05, 0.1) is 41.1 Å². The minimum Gasteiger partial charge on any atom is -0.497 e. The van der Waals surface area contributed by atoms with Crippen molar-refractivity contribution >= 4 is 11.9 Å². The summed E-state index contributed by atoms with van der Waals surface area (Å²) >= 11 is 0. The summed E-state index contributed by atoms with van der Waals surface area (Å²) in [5, 5.41) is 0. The molecule has 0 amide bonds. The van der Waals surface area contributed by atoms with E-state index in [9.17, 15) is 4.79 Å². The van der Waals surface area contributed by atoms with Gasteiger partial charge in [0.1, 0.15) is 17.2 Å². The molecule has 0 spiro atoms. The Balaban J connectivity index is 2.36. The maximum Gasteiger partial charge on any atom is 0.189 e. The van der Waals surface area contributed by atoms with E-state index in [0.717, 1.165) is 0 Å². The second-order valence-corrected chi connectivity index (χ2v) is 5.21. The molecule has 0 aromatic heterocycles. The zero-order valence-electron chi connectivity index (χ0n) is 15.5. The molecule has 0 atom stereocenters. The maximum atomic E-state index is 12.6. The highest BCUT2D eigenvalue weighted by Gasteiger charge is 2.13. The molecule has 0 aliphatic heterocycles. The monoisotopic (exact) mass is 358 g/mol. The second kappa shape index (κ2) is 8.80. The van der Waals surface area contributed by atoms with Crippen molar-refractivity contribution in [2.24, 2.45) is 0 Å². The minimum atomic E-state index is -0.207. The highest BCUT2D eigenvalue weighted by Crippen LogP contribution is 2.35. The van der Waals surface area contributed by atoms with Gasteiger partial charge < -0.3 is 23.7 Å². The summed E-state index contributed by atoms with van der Waals surface area (Å²) in [6.07, 6.45) is 3.11. The Kier molecular flexibility index (Phi) is 6.49. The van der Waals surface area contributed by atoms with E-state index in [-0.39, 0.29) is 5.78 Å². The zero-order chi connectivity index (χ0) is 19.1. The van der Waals surface area contributed by atoms with Crippen molar-refractivity contribution in [1.29, 1.82) is 0 Å². The molecule has 0 heterocycles. The van der Waals surface area contributed by atoms with Crippen LogP contribution in [0.3, 0.4) is 0 Å². The number of rotatable bonds is 8. The molecule has 0 aliphatic rings. The summed E-state index contributed by atoms with van der Waals surface area (Å²) in [5.74, 6) is 2.50. The van der Waals surface area contributed by atoms with Crippen molar-refractivity contribution < 1.29 is 28.5 Å². The number of allylic oxidation sites excluding steroid dienone is 1. The first-order valence-corrected chi connectivity index (χ1v) is 7.82. The van der Waals surface area contributed by atoms with Gasteiger partial charge in [0.2, 0.25) is 0 Å². The van der Waals surface area contributed by atoms with Crippen LogP contribution in [0.2, 0.25) is 0 Å². The predicted molar refractivity (Wildman–Crippen MR) is 99.0 cm³/mol. The minimum absolute atomic E-state index is 0.207. The predicted octanol–water partition coefficient (Wildman–Crippen LogP) is 3.63. The molecule has 0 saturated heterocycles. The van der Waals surface area contributed by atoms with E-state index in [0.29, 0.717) is 39.9 Å². The van der Waals surface area contributed by atoms with Gasteiger partial charge in [-0.25, -0.2) is 0 Å². The van der Waals surface area contributed by atoms with E-state index in [1.807, 2.05) is 0 Å². The third kappa shape index (κ3) is 4.08. The van der Waals surface area contributed by atoms with Gasteiger partial charge in [-0.1, -0.05) is 0 Å². The van der Waals surface area contributed by atoms with Crippen LogP contribution in [0.15, 0.2) is 36.4 Å². The first kappa shape index (κ1) is 19.2. The fourth-order valence-electron chi connectivity index (χ4n) is 2.44. The van der Waals surface area contributed by atoms with E-state index in [2.05, 4.69) is 0 Å². The van der Waals surface area contributed by atoms with Crippen molar-refractivity contribution in [2.45, 2.75) is 0 Å². The van der Waals surface area contributed by atoms with Gasteiger partial charge in [0.25, 0.3) is 0 Å². The molecule has 0 radical (unpaired) electrons. The average Bonchev–Trinajstić information content (AvgIpc) is 2.70. The van der Waals surface area contributed by atoms with Crippen molar-refractivity contribution in [3.63, 3.8) is 0 Å². The Morgan fingerprint density at radius 1 is 0.731 bits per heavy atom. The van der Waals surface area contributed by atoms with Gasteiger partial charge in [-0.05, 0) is 30.4 Å². The summed E-state index contributed by atoms with van der Waals surface area (Å²) in [6, 6.07) is 8.48. The molecular weight excluding hydrogens is 336 g/mol. The molecule has 0 aliphatic carbocycles. The Hall–Kier alpha value is -3.15. The topological polar surface area (TPSA) is 63.2 Å². The molecule has 2 aromatic rings. The number of hydrogen-bond acceptors (Lipinski definition) is 6. The van der Waals surface area contributed by atoms with Gasteiger partial charge in [-0.2, -0.15) is 0 Å². The van der Waals surface area contributed by atoms with Crippen molar-refractivity contribution in [2.75, 3.05) is 35.5 Å².